The molecular weight excluding hydrogens is 262 g/mol. The average molecular weight is 287 g/mol. The molecule has 2 aromatic heterocycles. The molecule has 0 aliphatic carbocycles. The zero-order valence-corrected chi connectivity index (χ0v) is 13.4. The molecule has 0 bridgehead atoms. The van der Waals surface area contributed by atoms with Gasteiger partial charge in [0.25, 0.3) is 0 Å². The number of anilines is 1. The van der Waals surface area contributed by atoms with Gasteiger partial charge in [-0.2, -0.15) is 0 Å². The van der Waals surface area contributed by atoms with Crippen molar-refractivity contribution in [2.24, 2.45) is 5.92 Å². The van der Waals surface area contributed by atoms with E-state index in [0.717, 1.165) is 31.2 Å². The Hall–Kier alpha value is -1.81. The van der Waals surface area contributed by atoms with Crippen LogP contribution in [0.3, 0.4) is 0 Å². The fraction of sp³-hybridized carbons (Fsp3) is 0.471. The van der Waals surface area contributed by atoms with Crippen molar-refractivity contribution >= 4 is 5.82 Å². The summed E-state index contributed by atoms with van der Waals surface area (Å²) in [6.45, 7) is 9.13. The maximum atomic E-state index is 5.34. The molecule has 2 rings (SSSR count). The van der Waals surface area contributed by atoms with Crippen LogP contribution in [0.15, 0.2) is 35.1 Å². The van der Waals surface area contributed by atoms with Gasteiger partial charge in [-0.05, 0) is 43.1 Å². The fourth-order valence-corrected chi connectivity index (χ4v) is 2.20. The Kier molecular flexibility index (Phi) is 5.39. The second-order valence-electron chi connectivity index (χ2n) is 5.91. The summed E-state index contributed by atoms with van der Waals surface area (Å²) in [7, 11) is 2.06. The zero-order valence-electron chi connectivity index (χ0n) is 13.4. The van der Waals surface area contributed by atoms with E-state index in [9.17, 15) is 0 Å². The summed E-state index contributed by atoms with van der Waals surface area (Å²) < 4.78 is 5.34. The average Bonchev–Trinajstić information content (AvgIpc) is 2.84. The standard InChI is InChI=1S/C17H25N3O/c1-13(2)10-18-11-15-5-7-19-17(9-15)20(4)12-16-6-8-21-14(16)3/h5-9,13,18H,10-12H2,1-4H3. The van der Waals surface area contributed by atoms with Crippen molar-refractivity contribution in [2.75, 3.05) is 18.5 Å². The molecule has 0 amide bonds. The zero-order chi connectivity index (χ0) is 15.2. The summed E-state index contributed by atoms with van der Waals surface area (Å²) in [5.41, 5.74) is 2.46. The number of hydrogen-bond donors (Lipinski definition) is 1. The van der Waals surface area contributed by atoms with Crippen LogP contribution in [0.1, 0.15) is 30.7 Å². The van der Waals surface area contributed by atoms with Crippen LogP contribution in [0.25, 0.3) is 0 Å². The lowest BCUT2D eigenvalue weighted by Gasteiger charge is -2.18. The Morgan fingerprint density at radius 1 is 1.33 bits per heavy atom. The molecule has 21 heavy (non-hydrogen) atoms. The molecule has 4 nitrogen and oxygen atoms in total. The quantitative estimate of drug-likeness (QED) is 0.848. The summed E-state index contributed by atoms with van der Waals surface area (Å²) >= 11 is 0. The van der Waals surface area contributed by atoms with Crippen LogP contribution < -0.4 is 10.2 Å². The van der Waals surface area contributed by atoms with Crippen molar-refractivity contribution in [3.05, 3.63) is 47.5 Å². The van der Waals surface area contributed by atoms with Gasteiger partial charge >= 0.3 is 0 Å². The third kappa shape index (κ3) is 4.60. The van der Waals surface area contributed by atoms with Crippen molar-refractivity contribution in [2.45, 2.75) is 33.9 Å². The maximum absolute atomic E-state index is 5.34. The smallest absolute Gasteiger partial charge is 0.128 e. The van der Waals surface area contributed by atoms with Crippen LogP contribution in [-0.4, -0.2) is 18.6 Å². The van der Waals surface area contributed by atoms with Crippen molar-refractivity contribution in [3.63, 3.8) is 0 Å². The Bertz CT molecular complexity index is 563. The highest BCUT2D eigenvalue weighted by atomic mass is 16.3. The van der Waals surface area contributed by atoms with Gasteiger partial charge in [-0.1, -0.05) is 13.8 Å². The number of nitrogens with one attached hydrogen (secondary N) is 1. The minimum absolute atomic E-state index is 0.665. The number of aryl methyl sites for hydroxylation is 1. The lowest BCUT2D eigenvalue weighted by atomic mass is 10.2. The number of furan rings is 1. The van der Waals surface area contributed by atoms with Gasteiger partial charge < -0.3 is 14.6 Å². The molecule has 2 aromatic rings. The van der Waals surface area contributed by atoms with Gasteiger partial charge in [-0.25, -0.2) is 4.98 Å². The monoisotopic (exact) mass is 287 g/mol. The molecule has 0 aliphatic heterocycles. The summed E-state index contributed by atoms with van der Waals surface area (Å²) in [6.07, 6.45) is 3.61. The van der Waals surface area contributed by atoms with Crippen molar-refractivity contribution in [1.29, 1.82) is 0 Å². The molecule has 0 saturated heterocycles. The molecule has 4 heteroatoms. The van der Waals surface area contributed by atoms with E-state index in [0.29, 0.717) is 5.92 Å². The van der Waals surface area contributed by atoms with Gasteiger partial charge in [0.2, 0.25) is 0 Å². The van der Waals surface area contributed by atoms with Crippen LogP contribution in [0, 0.1) is 12.8 Å². The SMILES string of the molecule is Cc1occc1CN(C)c1cc(CNCC(C)C)ccn1. The number of rotatable bonds is 7. The van der Waals surface area contributed by atoms with Crippen LogP contribution >= 0.6 is 0 Å². The minimum Gasteiger partial charge on any atom is -0.469 e. The van der Waals surface area contributed by atoms with Gasteiger partial charge in [-0.3, -0.25) is 0 Å². The van der Waals surface area contributed by atoms with Crippen molar-refractivity contribution < 1.29 is 4.42 Å². The molecule has 1 N–H and O–H groups in total. The normalized spacial score (nSPS) is 11.1. The second-order valence-corrected chi connectivity index (χ2v) is 5.91. The van der Waals surface area contributed by atoms with E-state index < -0.39 is 0 Å². The lowest BCUT2D eigenvalue weighted by Crippen LogP contribution is -2.20. The predicted molar refractivity (Wildman–Crippen MR) is 86.3 cm³/mol. The molecular formula is C17H25N3O. The Morgan fingerprint density at radius 3 is 2.81 bits per heavy atom. The van der Waals surface area contributed by atoms with E-state index in [-0.39, 0.29) is 0 Å². The van der Waals surface area contributed by atoms with E-state index in [2.05, 4.69) is 48.2 Å². The topological polar surface area (TPSA) is 41.3 Å². The highest BCUT2D eigenvalue weighted by Crippen LogP contribution is 2.17. The summed E-state index contributed by atoms with van der Waals surface area (Å²) in [5.74, 6) is 2.62. The molecule has 0 saturated carbocycles. The first-order chi connectivity index (χ1) is 10.1. The van der Waals surface area contributed by atoms with Crippen LogP contribution in [0.5, 0.6) is 0 Å². The molecule has 0 atom stereocenters. The third-order valence-corrected chi connectivity index (χ3v) is 3.46. The molecule has 2 heterocycles. The summed E-state index contributed by atoms with van der Waals surface area (Å²) in [6, 6.07) is 6.22. The van der Waals surface area contributed by atoms with Crippen molar-refractivity contribution in [3.8, 4) is 0 Å². The van der Waals surface area contributed by atoms with Gasteiger partial charge in [0, 0.05) is 31.9 Å². The number of aromatic nitrogens is 1. The Morgan fingerprint density at radius 2 is 2.14 bits per heavy atom. The Labute approximate surface area is 127 Å². The molecule has 0 radical (unpaired) electrons. The largest absolute Gasteiger partial charge is 0.469 e. The first-order valence-electron chi connectivity index (χ1n) is 7.46. The van der Waals surface area contributed by atoms with Gasteiger partial charge in [0.1, 0.15) is 11.6 Å². The summed E-state index contributed by atoms with van der Waals surface area (Å²) in [4.78, 5) is 6.60. The predicted octanol–water partition coefficient (Wildman–Crippen LogP) is 3.37. The van der Waals surface area contributed by atoms with E-state index >= 15 is 0 Å². The molecule has 114 valence electrons. The molecule has 0 aromatic carbocycles. The molecule has 0 fully saturated rings. The highest BCUT2D eigenvalue weighted by molar-refractivity contribution is 5.41. The minimum atomic E-state index is 0.665. The first kappa shape index (κ1) is 15.6. The van der Waals surface area contributed by atoms with Crippen LogP contribution in [-0.2, 0) is 13.1 Å². The summed E-state index contributed by atoms with van der Waals surface area (Å²) in [5, 5.41) is 3.46. The van der Waals surface area contributed by atoms with E-state index in [1.165, 1.54) is 11.1 Å². The maximum Gasteiger partial charge on any atom is 0.128 e. The van der Waals surface area contributed by atoms with E-state index in [4.69, 9.17) is 4.42 Å². The second kappa shape index (κ2) is 7.27. The fourth-order valence-electron chi connectivity index (χ4n) is 2.20. The Balaban J connectivity index is 1.97. The van der Waals surface area contributed by atoms with Gasteiger partial charge in [0.05, 0.1) is 6.26 Å². The third-order valence-electron chi connectivity index (χ3n) is 3.46. The van der Waals surface area contributed by atoms with E-state index in [1.807, 2.05) is 19.2 Å². The number of hydrogen-bond acceptors (Lipinski definition) is 4. The van der Waals surface area contributed by atoms with Crippen LogP contribution in [0.2, 0.25) is 0 Å². The highest BCUT2D eigenvalue weighted by Gasteiger charge is 2.08. The van der Waals surface area contributed by atoms with Gasteiger partial charge in [-0.15, -0.1) is 0 Å². The first-order valence-corrected chi connectivity index (χ1v) is 7.46. The molecule has 0 spiro atoms. The molecule has 0 aliphatic rings. The van der Waals surface area contributed by atoms with E-state index in [1.54, 1.807) is 6.26 Å². The van der Waals surface area contributed by atoms with Crippen LogP contribution in [0.4, 0.5) is 5.82 Å². The number of pyridine rings is 1. The van der Waals surface area contributed by atoms with Gasteiger partial charge in [0.15, 0.2) is 0 Å². The van der Waals surface area contributed by atoms with Crippen molar-refractivity contribution in [1.82, 2.24) is 10.3 Å². The molecule has 0 unspecified atom stereocenters. The number of nitrogens with zero attached hydrogens (tertiary/aromatic N) is 2. The lowest BCUT2D eigenvalue weighted by molar-refractivity contribution is 0.529.